The number of anilines is 1. The first-order valence-corrected chi connectivity index (χ1v) is 9.91. The van der Waals surface area contributed by atoms with Crippen LogP contribution in [-0.2, 0) is 26.5 Å². The van der Waals surface area contributed by atoms with E-state index in [1.165, 1.54) is 25.2 Å². The Balaban J connectivity index is 2.43. The topological polar surface area (TPSA) is 92.3 Å². The number of benzene rings is 2. The highest BCUT2D eigenvalue weighted by molar-refractivity contribution is 7.93. The Labute approximate surface area is 136 Å². The van der Waals surface area contributed by atoms with Gasteiger partial charge >= 0.3 is 0 Å². The summed E-state index contributed by atoms with van der Waals surface area (Å²) in [6.45, 7) is 1.92. The van der Waals surface area contributed by atoms with Crippen LogP contribution in [0.25, 0.3) is 0 Å². The molecule has 0 aliphatic heterocycles. The lowest BCUT2D eigenvalue weighted by Gasteiger charge is -2.12. The van der Waals surface area contributed by atoms with Gasteiger partial charge in [-0.3, -0.25) is 4.72 Å². The molecule has 23 heavy (non-hydrogen) atoms. The minimum absolute atomic E-state index is 0.105. The molecule has 0 unspecified atom stereocenters. The zero-order valence-electron chi connectivity index (χ0n) is 12.8. The van der Waals surface area contributed by atoms with Crippen molar-refractivity contribution in [1.82, 2.24) is 4.72 Å². The van der Waals surface area contributed by atoms with Gasteiger partial charge in [0.2, 0.25) is 10.0 Å². The number of aryl methyl sites for hydroxylation is 1. The third-order valence-corrected chi connectivity index (χ3v) is 6.11. The minimum Gasteiger partial charge on any atom is -0.279 e. The molecule has 0 aliphatic rings. The second kappa shape index (κ2) is 6.69. The van der Waals surface area contributed by atoms with Gasteiger partial charge in [0.05, 0.1) is 15.5 Å². The van der Waals surface area contributed by atoms with Gasteiger partial charge in [-0.05, 0) is 43.3 Å². The van der Waals surface area contributed by atoms with Crippen molar-refractivity contribution in [2.45, 2.75) is 23.1 Å². The number of rotatable bonds is 6. The van der Waals surface area contributed by atoms with E-state index in [9.17, 15) is 16.8 Å². The number of hydrogen-bond acceptors (Lipinski definition) is 4. The van der Waals surface area contributed by atoms with Crippen LogP contribution in [0, 0.1) is 0 Å². The van der Waals surface area contributed by atoms with Crippen LogP contribution in [0.4, 0.5) is 5.69 Å². The summed E-state index contributed by atoms with van der Waals surface area (Å²) in [6.07, 6.45) is 0.673. The van der Waals surface area contributed by atoms with Crippen molar-refractivity contribution in [2.75, 3.05) is 11.8 Å². The highest BCUT2D eigenvalue weighted by Gasteiger charge is 2.19. The zero-order valence-corrected chi connectivity index (χ0v) is 14.4. The summed E-state index contributed by atoms with van der Waals surface area (Å²) in [5, 5.41) is 0. The van der Waals surface area contributed by atoms with Crippen molar-refractivity contribution in [1.29, 1.82) is 0 Å². The lowest BCUT2D eigenvalue weighted by molar-refractivity contribution is 0.588. The molecule has 2 rings (SSSR count). The summed E-state index contributed by atoms with van der Waals surface area (Å²) in [5.41, 5.74) is 1.34. The van der Waals surface area contributed by atoms with E-state index in [-0.39, 0.29) is 9.79 Å². The fourth-order valence-electron chi connectivity index (χ4n) is 2.06. The molecular weight excluding hydrogens is 336 g/mol. The maximum Gasteiger partial charge on any atom is 0.261 e. The lowest BCUT2D eigenvalue weighted by Crippen LogP contribution is -2.20. The molecule has 0 saturated heterocycles. The highest BCUT2D eigenvalue weighted by atomic mass is 32.2. The van der Waals surface area contributed by atoms with E-state index in [4.69, 9.17) is 0 Å². The Morgan fingerprint density at radius 1 is 0.870 bits per heavy atom. The van der Waals surface area contributed by atoms with E-state index in [1.807, 2.05) is 19.1 Å². The standard InChI is InChI=1S/C15H18N2O4S2/c1-3-12-7-4-5-10-15(12)17-23(20,21)14-9-6-8-13(11-14)22(18,19)16-2/h4-11,16-17H,3H2,1-2H3. The minimum atomic E-state index is -3.88. The molecule has 2 aromatic rings. The van der Waals surface area contributed by atoms with Crippen LogP contribution in [0.5, 0.6) is 0 Å². The van der Waals surface area contributed by atoms with Crippen molar-refractivity contribution in [3.8, 4) is 0 Å². The smallest absolute Gasteiger partial charge is 0.261 e. The first-order valence-electron chi connectivity index (χ1n) is 6.94. The van der Waals surface area contributed by atoms with Crippen LogP contribution in [0.2, 0.25) is 0 Å². The monoisotopic (exact) mass is 354 g/mol. The fraction of sp³-hybridized carbons (Fsp3) is 0.200. The molecule has 2 N–H and O–H groups in total. The van der Waals surface area contributed by atoms with Crippen LogP contribution in [-0.4, -0.2) is 23.9 Å². The molecule has 0 aromatic heterocycles. The Kier molecular flexibility index (Phi) is 5.08. The Morgan fingerprint density at radius 3 is 2.09 bits per heavy atom. The van der Waals surface area contributed by atoms with Crippen molar-refractivity contribution in [3.05, 3.63) is 54.1 Å². The summed E-state index contributed by atoms with van der Waals surface area (Å²) in [5.74, 6) is 0. The van der Waals surface area contributed by atoms with E-state index in [0.29, 0.717) is 12.1 Å². The molecule has 0 spiro atoms. The average Bonchev–Trinajstić information content (AvgIpc) is 2.55. The Bertz CT molecular complexity index is 907. The van der Waals surface area contributed by atoms with Gasteiger partial charge in [-0.25, -0.2) is 21.6 Å². The zero-order chi connectivity index (χ0) is 17.1. The van der Waals surface area contributed by atoms with Crippen molar-refractivity contribution < 1.29 is 16.8 Å². The molecule has 0 bridgehead atoms. The summed E-state index contributed by atoms with van der Waals surface area (Å²) in [4.78, 5) is -0.216. The molecule has 6 nitrogen and oxygen atoms in total. The van der Waals surface area contributed by atoms with Gasteiger partial charge in [0.1, 0.15) is 0 Å². The molecular formula is C15H18N2O4S2. The maximum atomic E-state index is 12.5. The number of nitrogens with one attached hydrogen (secondary N) is 2. The van der Waals surface area contributed by atoms with E-state index in [2.05, 4.69) is 9.44 Å². The van der Waals surface area contributed by atoms with Gasteiger partial charge in [0.15, 0.2) is 0 Å². The number of sulfonamides is 2. The van der Waals surface area contributed by atoms with Crippen molar-refractivity contribution in [2.24, 2.45) is 0 Å². The van der Waals surface area contributed by atoms with Crippen LogP contribution < -0.4 is 9.44 Å². The third-order valence-electron chi connectivity index (χ3n) is 3.34. The largest absolute Gasteiger partial charge is 0.279 e. The maximum absolute atomic E-state index is 12.5. The van der Waals surface area contributed by atoms with E-state index < -0.39 is 20.0 Å². The number of para-hydroxylation sites is 1. The van der Waals surface area contributed by atoms with Gasteiger partial charge in [0, 0.05) is 0 Å². The van der Waals surface area contributed by atoms with Gasteiger partial charge in [-0.1, -0.05) is 31.2 Å². The van der Waals surface area contributed by atoms with E-state index >= 15 is 0 Å². The van der Waals surface area contributed by atoms with Crippen molar-refractivity contribution >= 4 is 25.7 Å². The highest BCUT2D eigenvalue weighted by Crippen LogP contribution is 2.22. The molecule has 0 fully saturated rings. The molecule has 0 atom stereocenters. The molecule has 2 aromatic carbocycles. The number of hydrogen-bond donors (Lipinski definition) is 2. The van der Waals surface area contributed by atoms with E-state index in [1.54, 1.807) is 12.1 Å². The van der Waals surface area contributed by atoms with Crippen molar-refractivity contribution in [3.63, 3.8) is 0 Å². The second-order valence-electron chi connectivity index (χ2n) is 4.80. The van der Waals surface area contributed by atoms with Gasteiger partial charge in [0.25, 0.3) is 10.0 Å². The second-order valence-corrected chi connectivity index (χ2v) is 8.37. The predicted molar refractivity (Wildman–Crippen MR) is 89.3 cm³/mol. The summed E-state index contributed by atoms with van der Waals surface area (Å²) >= 11 is 0. The molecule has 0 amide bonds. The SMILES string of the molecule is CCc1ccccc1NS(=O)(=O)c1cccc(S(=O)(=O)NC)c1. The normalized spacial score (nSPS) is 12.1. The van der Waals surface area contributed by atoms with Gasteiger partial charge in [-0.2, -0.15) is 0 Å². The average molecular weight is 354 g/mol. The first kappa shape index (κ1) is 17.5. The molecule has 0 saturated carbocycles. The van der Waals surface area contributed by atoms with Gasteiger partial charge < -0.3 is 0 Å². The first-order chi connectivity index (χ1) is 10.8. The van der Waals surface area contributed by atoms with Crippen LogP contribution >= 0.6 is 0 Å². The summed E-state index contributed by atoms with van der Waals surface area (Å²) in [6, 6.07) is 12.3. The predicted octanol–water partition coefficient (Wildman–Crippen LogP) is 1.96. The lowest BCUT2D eigenvalue weighted by atomic mass is 10.1. The van der Waals surface area contributed by atoms with Crippen LogP contribution in [0.1, 0.15) is 12.5 Å². The van der Waals surface area contributed by atoms with Crippen LogP contribution in [0.3, 0.4) is 0 Å². The molecule has 0 aliphatic carbocycles. The molecule has 0 radical (unpaired) electrons. The Hall–Kier alpha value is -1.90. The molecule has 0 heterocycles. The molecule has 124 valence electrons. The molecule has 8 heteroatoms. The van der Waals surface area contributed by atoms with Crippen LogP contribution in [0.15, 0.2) is 58.3 Å². The summed E-state index contributed by atoms with van der Waals surface area (Å²) < 4.78 is 53.3. The Morgan fingerprint density at radius 2 is 1.48 bits per heavy atom. The quantitative estimate of drug-likeness (QED) is 0.829. The summed E-state index contributed by atoms with van der Waals surface area (Å²) in [7, 11) is -6.32. The van der Waals surface area contributed by atoms with E-state index in [0.717, 1.165) is 11.6 Å². The fourth-order valence-corrected chi connectivity index (χ4v) is 4.05. The third kappa shape index (κ3) is 3.90. The van der Waals surface area contributed by atoms with Gasteiger partial charge in [-0.15, -0.1) is 0 Å².